The molecule has 2 heterocycles. The molecule has 0 unspecified atom stereocenters. The Hall–Kier alpha value is -8.20. The molecule has 0 aromatic heterocycles. The van der Waals surface area contributed by atoms with E-state index >= 15 is 0 Å². The van der Waals surface area contributed by atoms with Crippen molar-refractivity contribution in [2.75, 3.05) is 0 Å². The molecule has 10 aromatic carbocycles. The highest BCUT2D eigenvalue weighted by Crippen LogP contribution is 2.49. The molecule has 86 heavy (non-hydrogen) atoms. The highest BCUT2D eigenvalue weighted by molar-refractivity contribution is 5.98. The molecule has 2 nitrogen and oxygen atoms in total. The highest BCUT2D eigenvalue weighted by atomic mass is 16.5. The fourth-order valence-electron chi connectivity index (χ4n) is 10.6. The zero-order chi connectivity index (χ0) is 63.7. The van der Waals surface area contributed by atoms with E-state index in [4.69, 9.17) is 9.47 Å². The molecule has 0 saturated carbocycles. The van der Waals surface area contributed by atoms with Gasteiger partial charge in [-0.15, -0.1) is 0 Å². The molecule has 0 fully saturated rings. The van der Waals surface area contributed by atoms with Gasteiger partial charge in [-0.2, -0.15) is 0 Å². The first-order chi connectivity index (χ1) is 42.3. The normalized spacial score (nSPS) is 11.9. The second-order valence-electron chi connectivity index (χ2n) is 18.9. The van der Waals surface area contributed by atoms with E-state index in [1.165, 1.54) is 66.2 Å². The predicted molar refractivity (Wildman–Crippen MR) is 383 cm³/mol. The monoisotopic (exact) mass is 1140 g/mol. The second-order valence-corrected chi connectivity index (χ2v) is 18.9. The van der Waals surface area contributed by atoms with Gasteiger partial charge in [0.15, 0.2) is 11.2 Å². The third kappa shape index (κ3) is 16.6. The van der Waals surface area contributed by atoms with Gasteiger partial charge in [-0.05, 0) is 108 Å². The minimum absolute atomic E-state index is 0.677. The number of benzene rings is 10. The van der Waals surface area contributed by atoms with E-state index in [2.05, 4.69) is 270 Å². The van der Waals surface area contributed by atoms with Crippen LogP contribution in [0.5, 0.6) is 11.5 Å². The minimum atomic E-state index is -0.677. The van der Waals surface area contributed by atoms with Crippen LogP contribution in [0.2, 0.25) is 0 Å². The van der Waals surface area contributed by atoms with Gasteiger partial charge in [-0.3, -0.25) is 0 Å². The zero-order valence-corrected chi connectivity index (χ0v) is 56.3. The van der Waals surface area contributed by atoms with Crippen LogP contribution in [0.4, 0.5) is 0 Å². The first kappa shape index (κ1) is 72.1. The summed E-state index contributed by atoms with van der Waals surface area (Å²) >= 11 is 0. The third-order valence-electron chi connectivity index (χ3n) is 14.5. The number of aryl methyl sites for hydroxylation is 2. The molecule has 12 rings (SSSR count). The van der Waals surface area contributed by atoms with Crippen molar-refractivity contribution < 1.29 is 9.47 Å². The standard InChI is InChI=1S/2C34H28O.8C2H6/c1-24-17-19-26(20-18-24)23-32-25(2)29-21-22-34(27-11-5-3-6-12-27,28-13-7-4-8-14-28)35-33(29)31-16-10-9-15-30(31)32;1-24-17-19-26(20-18-24)23-32-25(2)33-31(29-15-9-10-16-30(29)32)21-22-34(35-33,27-11-5-3-6-12-27)28-13-7-4-8-14-28;8*1-2/h2*3-22H,23H2,1-2H3;8*1-2H3. The minimum Gasteiger partial charge on any atom is -0.473 e. The van der Waals surface area contributed by atoms with Crippen LogP contribution in [0.3, 0.4) is 0 Å². The van der Waals surface area contributed by atoms with Crippen molar-refractivity contribution >= 4 is 33.7 Å². The van der Waals surface area contributed by atoms with Gasteiger partial charge >= 0.3 is 0 Å². The number of rotatable bonds is 8. The lowest BCUT2D eigenvalue weighted by Crippen LogP contribution is -2.34. The quantitative estimate of drug-likeness (QED) is 0.151. The molecule has 2 aliphatic heterocycles. The molecular weight excluding hydrogens is 1040 g/mol. The zero-order valence-electron chi connectivity index (χ0n) is 56.3. The molecule has 0 amide bonds. The Morgan fingerprint density at radius 1 is 0.267 bits per heavy atom. The van der Waals surface area contributed by atoms with Crippen LogP contribution in [0.15, 0.2) is 231 Å². The Morgan fingerprint density at radius 3 is 0.907 bits per heavy atom. The summed E-state index contributed by atoms with van der Waals surface area (Å²) in [4.78, 5) is 0. The number of fused-ring (bicyclic) bond motifs is 6. The summed E-state index contributed by atoms with van der Waals surface area (Å²) in [6.07, 6.45) is 10.8. The van der Waals surface area contributed by atoms with Crippen LogP contribution in [-0.4, -0.2) is 0 Å². The second kappa shape index (κ2) is 38.0. The fraction of sp³-hybridized carbons (Fsp3) is 0.286. The van der Waals surface area contributed by atoms with Crippen LogP contribution in [-0.2, 0) is 24.0 Å². The van der Waals surface area contributed by atoms with Gasteiger partial charge in [0.25, 0.3) is 0 Å². The van der Waals surface area contributed by atoms with Crippen LogP contribution >= 0.6 is 0 Å². The van der Waals surface area contributed by atoms with E-state index in [9.17, 15) is 0 Å². The molecule has 10 aromatic rings. The molecule has 0 radical (unpaired) electrons. The largest absolute Gasteiger partial charge is 0.473 e. The lowest BCUT2D eigenvalue weighted by atomic mass is 9.81. The van der Waals surface area contributed by atoms with Gasteiger partial charge in [-0.1, -0.05) is 346 Å². The molecule has 0 bridgehead atoms. The molecular formula is C84H104O2. The van der Waals surface area contributed by atoms with E-state index in [1.807, 2.05) is 111 Å². The van der Waals surface area contributed by atoms with Crippen LogP contribution in [0.1, 0.15) is 189 Å². The predicted octanol–water partition coefficient (Wildman–Crippen LogP) is 25.0. The summed E-state index contributed by atoms with van der Waals surface area (Å²) < 4.78 is 14.3. The summed E-state index contributed by atoms with van der Waals surface area (Å²) in [5.41, 5.74) is 15.9. The van der Waals surface area contributed by atoms with Gasteiger partial charge in [-0.25, -0.2) is 0 Å². The van der Waals surface area contributed by atoms with E-state index in [1.54, 1.807) is 0 Å². The van der Waals surface area contributed by atoms with E-state index < -0.39 is 11.2 Å². The van der Waals surface area contributed by atoms with Crippen LogP contribution < -0.4 is 9.47 Å². The van der Waals surface area contributed by atoms with Crippen molar-refractivity contribution in [1.29, 1.82) is 0 Å². The molecule has 452 valence electrons. The summed E-state index contributed by atoms with van der Waals surface area (Å²) in [5, 5.41) is 4.95. The average Bonchev–Trinajstić information content (AvgIpc) is 1.44. The third-order valence-corrected chi connectivity index (χ3v) is 14.5. The lowest BCUT2D eigenvalue weighted by Gasteiger charge is -2.37. The van der Waals surface area contributed by atoms with Crippen LogP contribution in [0.25, 0.3) is 33.7 Å². The average molecular weight is 1150 g/mol. The maximum absolute atomic E-state index is 7.14. The number of ether oxygens (including phenoxy) is 2. The van der Waals surface area contributed by atoms with Crippen molar-refractivity contribution in [2.45, 2.75) is 163 Å². The van der Waals surface area contributed by atoms with Crippen molar-refractivity contribution in [3.8, 4) is 11.5 Å². The van der Waals surface area contributed by atoms with E-state index in [0.29, 0.717) is 0 Å². The molecule has 0 N–H and O–H groups in total. The summed E-state index contributed by atoms with van der Waals surface area (Å²) in [6, 6.07) is 77.3. The Morgan fingerprint density at radius 2 is 0.547 bits per heavy atom. The summed E-state index contributed by atoms with van der Waals surface area (Å²) in [6.45, 7) is 40.7. The Kier molecular flexibility index (Phi) is 31.8. The van der Waals surface area contributed by atoms with Crippen molar-refractivity contribution in [1.82, 2.24) is 0 Å². The SMILES string of the molecule is CC.CC.CC.CC.CC.CC.CC.CC.Cc1ccc(Cc2c(C)c3c(c4ccccc24)C=CC(c2ccccc2)(c2ccccc2)O3)cc1.Cc1ccc(Cc2c(C)c3c(c4ccccc24)OC(c2ccccc2)(c2ccccc2)C=C3)cc1. The van der Waals surface area contributed by atoms with Gasteiger partial charge in [0, 0.05) is 38.8 Å². The van der Waals surface area contributed by atoms with Gasteiger partial charge in [0.05, 0.1) is 0 Å². The topological polar surface area (TPSA) is 18.5 Å². The highest BCUT2D eigenvalue weighted by Gasteiger charge is 2.40. The summed E-state index contributed by atoms with van der Waals surface area (Å²) in [5.74, 6) is 1.93. The fourth-order valence-corrected chi connectivity index (χ4v) is 10.6. The Balaban J connectivity index is 0.000000366. The van der Waals surface area contributed by atoms with E-state index in [0.717, 1.165) is 57.5 Å². The summed E-state index contributed by atoms with van der Waals surface area (Å²) in [7, 11) is 0. The van der Waals surface area contributed by atoms with Gasteiger partial charge in [0.2, 0.25) is 0 Å². The Labute approximate surface area is 522 Å². The molecule has 2 heteroatoms. The number of hydrogen-bond acceptors (Lipinski definition) is 2. The molecule has 0 aliphatic carbocycles. The molecule has 0 spiro atoms. The smallest absolute Gasteiger partial charge is 0.178 e. The van der Waals surface area contributed by atoms with E-state index in [-0.39, 0.29) is 0 Å². The van der Waals surface area contributed by atoms with Crippen molar-refractivity contribution in [3.63, 3.8) is 0 Å². The Bertz CT molecular complexity index is 3460. The number of hydrogen-bond donors (Lipinski definition) is 0. The first-order valence-electron chi connectivity index (χ1n) is 32.5. The van der Waals surface area contributed by atoms with Gasteiger partial charge < -0.3 is 9.47 Å². The molecule has 2 aliphatic rings. The maximum atomic E-state index is 7.14. The molecule has 0 saturated heterocycles. The lowest BCUT2D eigenvalue weighted by molar-refractivity contribution is 0.160. The van der Waals surface area contributed by atoms with Crippen molar-refractivity contribution in [3.05, 3.63) is 308 Å². The first-order valence-corrected chi connectivity index (χ1v) is 32.5. The van der Waals surface area contributed by atoms with Crippen molar-refractivity contribution in [2.24, 2.45) is 0 Å². The molecule has 0 atom stereocenters. The van der Waals surface area contributed by atoms with Crippen LogP contribution in [0, 0.1) is 27.7 Å². The van der Waals surface area contributed by atoms with Gasteiger partial charge in [0.1, 0.15) is 11.5 Å². The maximum Gasteiger partial charge on any atom is 0.178 e.